The van der Waals surface area contributed by atoms with Crippen LogP contribution in [0.25, 0.3) is 0 Å². The monoisotopic (exact) mass is 218 g/mol. The van der Waals surface area contributed by atoms with E-state index in [4.69, 9.17) is 4.74 Å². The number of ketones is 1. The molecule has 1 unspecified atom stereocenters. The van der Waals surface area contributed by atoms with Crippen LogP contribution in [0.2, 0.25) is 0 Å². The average molecular weight is 218 g/mol. The lowest BCUT2D eigenvalue weighted by molar-refractivity contribution is -0.119. The summed E-state index contributed by atoms with van der Waals surface area (Å²) in [5, 5.41) is 0. The molecule has 1 fully saturated rings. The summed E-state index contributed by atoms with van der Waals surface area (Å²) in [4.78, 5) is 11.7. The van der Waals surface area contributed by atoms with Crippen molar-refractivity contribution in [3.63, 3.8) is 0 Å². The van der Waals surface area contributed by atoms with Gasteiger partial charge in [-0.2, -0.15) is 0 Å². The van der Waals surface area contributed by atoms with E-state index in [2.05, 4.69) is 12.1 Å². The maximum atomic E-state index is 11.7. The largest absolute Gasteiger partial charge is 0.381 e. The fourth-order valence-electron chi connectivity index (χ4n) is 2.10. The van der Waals surface area contributed by atoms with E-state index in [1.54, 1.807) is 0 Å². The number of carbonyl (C=O) groups is 1. The molecule has 1 aromatic rings. The lowest BCUT2D eigenvalue weighted by Crippen LogP contribution is -2.09. The molecule has 86 valence electrons. The van der Waals surface area contributed by atoms with E-state index in [-0.39, 0.29) is 0 Å². The van der Waals surface area contributed by atoms with Gasteiger partial charge in [0, 0.05) is 26.1 Å². The van der Waals surface area contributed by atoms with Crippen molar-refractivity contribution in [2.45, 2.75) is 25.7 Å². The molecule has 0 N–H and O–H groups in total. The summed E-state index contributed by atoms with van der Waals surface area (Å²) in [6.07, 6.45) is 3.29. The molecule has 0 aliphatic carbocycles. The molecule has 1 aliphatic heterocycles. The summed E-state index contributed by atoms with van der Waals surface area (Å²) in [5.74, 6) is 0.850. The summed E-state index contributed by atoms with van der Waals surface area (Å²) < 4.78 is 5.27. The van der Waals surface area contributed by atoms with Crippen molar-refractivity contribution in [2.24, 2.45) is 5.92 Å². The summed E-state index contributed by atoms with van der Waals surface area (Å²) in [6.45, 7) is 1.60. The maximum absolute atomic E-state index is 11.7. The predicted molar refractivity (Wildman–Crippen MR) is 63.3 cm³/mol. The SMILES string of the molecule is O=C(CCc1ccccc1)CC1CCOC1. The normalized spacial score (nSPS) is 19.9. The standard InChI is InChI=1S/C14H18O2/c15-14(10-13-8-9-16-11-13)7-6-12-4-2-1-3-5-12/h1-5,13H,6-11H2. The fraction of sp³-hybridized carbons (Fsp3) is 0.500. The molecule has 1 aliphatic rings. The highest BCUT2D eigenvalue weighted by Gasteiger charge is 2.18. The van der Waals surface area contributed by atoms with Gasteiger partial charge in [-0.05, 0) is 24.3 Å². The van der Waals surface area contributed by atoms with Crippen molar-refractivity contribution >= 4 is 5.78 Å². The molecule has 0 aromatic heterocycles. The molecule has 16 heavy (non-hydrogen) atoms. The van der Waals surface area contributed by atoms with Crippen LogP contribution in [0.3, 0.4) is 0 Å². The number of carbonyl (C=O) groups excluding carboxylic acids is 1. The van der Waals surface area contributed by atoms with E-state index in [9.17, 15) is 4.79 Å². The lowest BCUT2D eigenvalue weighted by atomic mass is 9.98. The minimum atomic E-state index is 0.374. The zero-order valence-electron chi connectivity index (χ0n) is 9.52. The number of benzene rings is 1. The van der Waals surface area contributed by atoms with Gasteiger partial charge in [0.25, 0.3) is 0 Å². The number of rotatable bonds is 5. The molecule has 1 saturated heterocycles. The Bertz CT molecular complexity index is 326. The second-order valence-electron chi connectivity index (χ2n) is 4.46. The Morgan fingerprint density at radius 3 is 2.81 bits per heavy atom. The Morgan fingerprint density at radius 1 is 1.31 bits per heavy atom. The molecular weight excluding hydrogens is 200 g/mol. The Hall–Kier alpha value is -1.15. The first-order chi connectivity index (χ1) is 7.84. The zero-order chi connectivity index (χ0) is 11.2. The molecule has 0 amide bonds. The summed E-state index contributed by atoms with van der Waals surface area (Å²) in [6, 6.07) is 10.2. The number of hydrogen-bond acceptors (Lipinski definition) is 2. The van der Waals surface area contributed by atoms with Crippen molar-refractivity contribution < 1.29 is 9.53 Å². The van der Waals surface area contributed by atoms with E-state index >= 15 is 0 Å². The van der Waals surface area contributed by atoms with Gasteiger partial charge in [-0.3, -0.25) is 4.79 Å². The smallest absolute Gasteiger partial charge is 0.133 e. The topological polar surface area (TPSA) is 26.3 Å². The van der Waals surface area contributed by atoms with Crippen LogP contribution in [-0.2, 0) is 16.0 Å². The van der Waals surface area contributed by atoms with Crippen LogP contribution in [0.1, 0.15) is 24.8 Å². The van der Waals surface area contributed by atoms with Crippen LogP contribution in [-0.4, -0.2) is 19.0 Å². The highest BCUT2D eigenvalue weighted by molar-refractivity contribution is 5.78. The Balaban J connectivity index is 1.71. The van der Waals surface area contributed by atoms with E-state index in [0.29, 0.717) is 24.5 Å². The van der Waals surface area contributed by atoms with Gasteiger partial charge in [0.1, 0.15) is 5.78 Å². The predicted octanol–water partition coefficient (Wildman–Crippen LogP) is 2.61. The van der Waals surface area contributed by atoms with Gasteiger partial charge in [0.15, 0.2) is 0 Å². The first kappa shape index (κ1) is 11.3. The number of Topliss-reactive ketones (excluding diaryl/α,β-unsaturated/α-hetero) is 1. The molecule has 1 aromatic carbocycles. The number of hydrogen-bond donors (Lipinski definition) is 0. The Kier molecular flexibility index (Phi) is 4.11. The van der Waals surface area contributed by atoms with Crippen molar-refractivity contribution in [1.29, 1.82) is 0 Å². The first-order valence-electron chi connectivity index (χ1n) is 5.98. The number of ether oxygens (including phenoxy) is 1. The van der Waals surface area contributed by atoms with Crippen LogP contribution in [0.4, 0.5) is 0 Å². The van der Waals surface area contributed by atoms with Gasteiger partial charge >= 0.3 is 0 Å². The van der Waals surface area contributed by atoms with E-state index in [1.165, 1.54) is 5.56 Å². The molecular formula is C14H18O2. The second-order valence-corrected chi connectivity index (χ2v) is 4.46. The third-order valence-electron chi connectivity index (χ3n) is 3.08. The molecule has 2 nitrogen and oxygen atoms in total. The van der Waals surface area contributed by atoms with Crippen LogP contribution in [0.5, 0.6) is 0 Å². The molecule has 2 heteroatoms. The summed E-state index contributed by atoms with van der Waals surface area (Å²) in [7, 11) is 0. The quantitative estimate of drug-likeness (QED) is 0.759. The minimum absolute atomic E-state index is 0.374. The van der Waals surface area contributed by atoms with E-state index in [0.717, 1.165) is 26.1 Å². The van der Waals surface area contributed by atoms with Gasteiger partial charge in [0.05, 0.1) is 0 Å². The van der Waals surface area contributed by atoms with E-state index < -0.39 is 0 Å². The molecule has 1 heterocycles. The molecule has 0 radical (unpaired) electrons. The number of aryl methyl sites for hydroxylation is 1. The summed E-state index contributed by atoms with van der Waals surface area (Å²) in [5.41, 5.74) is 1.25. The zero-order valence-corrected chi connectivity index (χ0v) is 9.52. The van der Waals surface area contributed by atoms with E-state index in [1.807, 2.05) is 18.2 Å². The van der Waals surface area contributed by atoms with Crippen LogP contribution in [0, 0.1) is 5.92 Å². The Labute approximate surface area is 96.6 Å². The summed E-state index contributed by atoms with van der Waals surface area (Å²) >= 11 is 0. The molecule has 2 rings (SSSR count). The van der Waals surface area contributed by atoms with Crippen molar-refractivity contribution in [1.82, 2.24) is 0 Å². The molecule has 0 saturated carbocycles. The van der Waals surface area contributed by atoms with Crippen molar-refractivity contribution in [3.05, 3.63) is 35.9 Å². The molecule has 0 bridgehead atoms. The second kappa shape index (κ2) is 5.80. The van der Waals surface area contributed by atoms with Crippen LogP contribution in [0.15, 0.2) is 30.3 Å². The van der Waals surface area contributed by atoms with Crippen LogP contribution < -0.4 is 0 Å². The van der Waals surface area contributed by atoms with Crippen molar-refractivity contribution in [3.8, 4) is 0 Å². The highest BCUT2D eigenvalue weighted by atomic mass is 16.5. The third kappa shape index (κ3) is 3.46. The van der Waals surface area contributed by atoms with Gasteiger partial charge < -0.3 is 4.74 Å². The molecule has 0 spiro atoms. The third-order valence-corrected chi connectivity index (χ3v) is 3.08. The molecule has 1 atom stereocenters. The van der Waals surface area contributed by atoms with Gasteiger partial charge in [-0.15, -0.1) is 0 Å². The average Bonchev–Trinajstić information content (AvgIpc) is 2.81. The minimum Gasteiger partial charge on any atom is -0.381 e. The Morgan fingerprint density at radius 2 is 2.12 bits per heavy atom. The van der Waals surface area contributed by atoms with Gasteiger partial charge in [-0.1, -0.05) is 30.3 Å². The fourth-order valence-corrected chi connectivity index (χ4v) is 2.10. The van der Waals surface area contributed by atoms with Crippen LogP contribution >= 0.6 is 0 Å². The van der Waals surface area contributed by atoms with Gasteiger partial charge in [0.2, 0.25) is 0 Å². The highest BCUT2D eigenvalue weighted by Crippen LogP contribution is 2.17. The maximum Gasteiger partial charge on any atom is 0.133 e. The van der Waals surface area contributed by atoms with Gasteiger partial charge in [-0.25, -0.2) is 0 Å². The first-order valence-corrected chi connectivity index (χ1v) is 5.98. The van der Waals surface area contributed by atoms with Crippen molar-refractivity contribution in [2.75, 3.05) is 13.2 Å². The lowest BCUT2D eigenvalue weighted by Gasteiger charge is -2.06.